The van der Waals surface area contributed by atoms with Crippen molar-refractivity contribution in [2.45, 2.75) is 50.5 Å². The molecule has 2 aromatic rings. The molecule has 0 radical (unpaired) electrons. The average Bonchev–Trinajstić information content (AvgIpc) is 3.40. The lowest BCUT2D eigenvalue weighted by molar-refractivity contribution is -0.126. The molecule has 0 aliphatic carbocycles. The van der Waals surface area contributed by atoms with Crippen molar-refractivity contribution in [3.8, 4) is 5.69 Å². The van der Waals surface area contributed by atoms with Gasteiger partial charge in [0.15, 0.2) is 0 Å². The summed E-state index contributed by atoms with van der Waals surface area (Å²) in [5.41, 5.74) is 1.46. The molecule has 10 heteroatoms. The third-order valence-corrected chi connectivity index (χ3v) is 8.40. The second-order valence-corrected chi connectivity index (χ2v) is 10.3. The lowest BCUT2D eigenvalue weighted by Crippen LogP contribution is -2.44. The van der Waals surface area contributed by atoms with Gasteiger partial charge < -0.3 is 10.1 Å². The summed E-state index contributed by atoms with van der Waals surface area (Å²) in [6.07, 6.45) is 3.01. The molecule has 0 saturated carbocycles. The van der Waals surface area contributed by atoms with Gasteiger partial charge in [-0.05, 0) is 63.8 Å². The van der Waals surface area contributed by atoms with E-state index in [4.69, 9.17) is 4.74 Å². The van der Waals surface area contributed by atoms with Gasteiger partial charge in [-0.3, -0.25) is 4.79 Å². The molecule has 2 saturated heterocycles. The van der Waals surface area contributed by atoms with E-state index in [1.807, 2.05) is 0 Å². The van der Waals surface area contributed by atoms with Gasteiger partial charge in [-0.2, -0.15) is 9.40 Å². The van der Waals surface area contributed by atoms with Crippen molar-refractivity contribution >= 4 is 15.9 Å². The number of hydrogen-bond donors (Lipinski definition) is 1. The number of nitrogens with one attached hydrogen (secondary N) is 1. The zero-order chi connectivity index (χ0) is 22.9. The number of rotatable bonds is 6. The summed E-state index contributed by atoms with van der Waals surface area (Å²) in [7, 11) is -3.77. The van der Waals surface area contributed by atoms with E-state index in [2.05, 4.69) is 10.4 Å². The predicted octanol–water partition coefficient (Wildman–Crippen LogP) is 2.32. The Morgan fingerprint density at radius 3 is 2.50 bits per heavy atom. The summed E-state index contributed by atoms with van der Waals surface area (Å²) in [6, 6.07) is 5.75. The molecule has 32 heavy (non-hydrogen) atoms. The smallest absolute Gasteiger partial charge is 0.246 e. The van der Waals surface area contributed by atoms with Gasteiger partial charge in [0, 0.05) is 32.2 Å². The number of amides is 1. The average molecular weight is 465 g/mol. The van der Waals surface area contributed by atoms with Crippen LogP contribution in [-0.4, -0.2) is 60.8 Å². The molecular weight excluding hydrogens is 435 g/mol. The summed E-state index contributed by atoms with van der Waals surface area (Å²) in [5, 5.41) is 7.34. The van der Waals surface area contributed by atoms with Crippen molar-refractivity contribution in [1.29, 1.82) is 0 Å². The molecule has 1 N–H and O–H groups in total. The molecule has 1 unspecified atom stereocenters. The topological polar surface area (TPSA) is 93.5 Å². The summed E-state index contributed by atoms with van der Waals surface area (Å²) < 4.78 is 48.6. The number of sulfonamides is 1. The molecular formula is C22H29FN4O4S. The van der Waals surface area contributed by atoms with Crippen LogP contribution in [0.3, 0.4) is 0 Å². The SMILES string of the molecule is Cc1nn(-c2ccc(F)cc2)c(C)c1S(=O)(=O)N1CCC(C(=O)NCC2CCCO2)CC1. The Balaban J connectivity index is 1.43. The first-order valence-electron chi connectivity index (χ1n) is 11.0. The molecule has 0 spiro atoms. The lowest BCUT2D eigenvalue weighted by Gasteiger charge is -2.30. The van der Waals surface area contributed by atoms with Crippen LogP contribution in [0.15, 0.2) is 29.2 Å². The molecule has 4 rings (SSSR count). The van der Waals surface area contributed by atoms with E-state index in [1.165, 1.54) is 21.1 Å². The molecule has 8 nitrogen and oxygen atoms in total. The number of aryl methyl sites for hydroxylation is 1. The van der Waals surface area contributed by atoms with Crippen molar-refractivity contribution in [3.05, 3.63) is 41.5 Å². The first kappa shape index (κ1) is 22.9. The van der Waals surface area contributed by atoms with Gasteiger partial charge in [-0.25, -0.2) is 17.5 Å². The standard InChI is InChI=1S/C22H29FN4O4S/c1-15-21(16(2)27(25-15)19-7-5-18(23)6-8-19)32(29,30)26-11-9-17(10-12-26)22(28)24-14-20-4-3-13-31-20/h5-8,17,20H,3-4,9-14H2,1-2H3,(H,24,28). The van der Waals surface area contributed by atoms with Crippen LogP contribution in [0.4, 0.5) is 4.39 Å². The molecule has 174 valence electrons. The Morgan fingerprint density at radius 2 is 1.88 bits per heavy atom. The molecule has 1 amide bonds. The molecule has 2 fully saturated rings. The van der Waals surface area contributed by atoms with Crippen LogP contribution in [0.25, 0.3) is 5.69 Å². The largest absolute Gasteiger partial charge is 0.376 e. The number of nitrogens with zero attached hydrogens (tertiary/aromatic N) is 3. The van der Waals surface area contributed by atoms with Crippen LogP contribution >= 0.6 is 0 Å². The number of carbonyl (C=O) groups is 1. The van der Waals surface area contributed by atoms with Gasteiger partial charge in [0.25, 0.3) is 0 Å². The summed E-state index contributed by atoms with van der Waals surface area (Å²) in [6.45, 7) is 5.17. The maximum Gasteiger partial charge on any atom is 0.246 e. The Hall–Kier alpha value is -2.30. The molecule has 0 bridgehead atoms. The van der Waals surface area contributed by atoms with E-state index in [1.54, 1.807) is 26.0 Å². The van der Waals surface area contributed by atoms with E-state index in [9.17, 15) is 17.6 Å². The van der Waals surface area contributed by atoms with Crippen molar-refractivity contribution in [2.24, 2.45) is 5.92 Å². The van der Waals surface area contributed by atoms with Gasteiger partial charge >= 0.3 is 0 Å². The van der Waals surface area contributed by atoms with Crippen LogP contribution in [0, 0.1) is 25.6 Å². The van der Waals surface area contributed by atoms with E-state index in [-0.39, 0.29) is 41.7 Å². The second kappa shape index (κ2) is 9.29. The highest BCUT2D eigenvalue weighted by atomic mass is 32.2. The quantitative estimate of drug-likeness (QED) is 0.708. The molecule has 1 aromatic carbocycles. The number of ether oxygens (including phenoxy) is 1. The molecule has 1 atom stereocenters. The van der Waals surface area contributed by atoms with Crippen molar-refractivity contribution in [1.82, 2.24) is 19.4 Å². The Morgan fingerprint density at radius 1 is 1.19 bits per heavy atom. The monoisotopic (exact) mass is 464 g/mol. The van der Waals surface area contributed by atoms with Crippen LogP contribution in [-0.2, 0) is 19.6 Å². The fourth-order valence-corrected chi connectivity index (χ4v) is 6.31. The first-order valence-corrected chi connectivity index (χ1v) is 12.4. The molecule has 3 heterocycles. The zero-order valence-corrected chi connectivity index (χ0v) is 19.2. The third kappa shape index (κ3) is 4.57. The van der Waals surface area contributed by atoms with Crippen LogP contribution in [0.5, 0.6) is 0 Å². The first-order chi connectivity index (χ1) is 15.3. The molecule has 2 aliphatic heterocycles. The highest BCUT2D eigenvalue weighted by Gasteiger charge is 2.35. The van der Waals surface area contributed by atoms with E-state index in [0.29, 0.717) is 36.5 Å². The van der Waals surface area contributed by atoms with Gasteiger partial charge in [0.1, 0.15) is 10.7 Å². The Labute approximate surface area is 187 Å². The minimum atomic E-state index is -3.77. The summed E-state index contributed by atoms with van der Waals surface area (Å²) >= 11 is 0. The fourth-order valence-electron chi connectivity index (χ4n) is 4.49. The fraction of sp³-hybridized carbons (Fsp3) is 0.545. The van der Waals surface area contributed by atoms with Crippen LogP contribution in [0.1, 0.15) is 37.1 Å². The van der Waals surface area contributed by atoms with Gasteiger partial charge in [0.05, 0.1) is 23.2 Å². The van der Waals surface area contributed by atoms with E-state index < -0.39 is 10.0 Å². The van der Waals surface area contributed by atoms with Crippen LogP contribution in [0.2, 0.25) is 0 Å². The normalized spacial score (nSPS) is 20.5. The lowest BCUT2D eigenvalue weighted by atomic mass is 9.97. The highest BCUT2D eigenvalue weighted by Crippen LogP contribution is 2.29. The van der Waals surface area contributed by atoms with Crippen molar-refractivity contribution in [2.75, 3.05) is 26.2 Å². The second-order valence-electron chi connectivity index (χ2n) is 8.45. The maximum atomic E-state index is 13.4. The van der Waals surface area contributed by atoms with Crippen molar-refractivity contribution in [3.63, 3.8) is 0 Å². The molecule has 2 aliphatic rings. The third-order valence-electron chi connectivity index (χ3n) is 6.25. The number of piperidine rings is 1. The van der Waals surface area contributed by atoms with Crippen LogP contribution < -0.4 is 5.32 Å². The van der Waals surface area contributed by atoms with Gasteiger partial charge in [-0.1, -0.05) is 0 Å². The van der Waals surface area contributed by atoms with E-state index >= 15 is 0 Å². The van der Waals surface area contributed by atoms with Crippen molar-refractivity contribution < 1.29 is 22.3 Å². The number of benzene rings is 1. The van der Waals surface area contributed by atoms with Gasteiger partial charge in [-0.15, -0.1) is 0 Å². The Bertz CT molecular complexity index is 1070. The molecule has 1 aromatic heterocycles. The number of carbonyl (C=O) groups excluding carboxylic acids is 1. The van der Waals surface area contributed by atoms with E-state index in [0.717, 1.165) is 19.4 Å². The number of halogens is 1. The maximum absolute atomic E-state index is 13.4. The predicted molar refractivity (Wildman–Crippen MR) is 116 cm³/mol. The summed E-state index contributed by atoms with van der Waals surface area (Å²) in [5.74, 6) is -0.605. The minimum absolute atomic E-state index is 0.0333. The Kier molecular flexibility index (Phi) is 6.64. The number of hydrogen-bond acceptors (Lipinski definition) is 5. The zero-order valence-electron chi connectivity index (χ0n) is 18.4. The number of aromatic nitrogens is 2. The minimum Gasteiger partial charge on any atom is -0.376 e. The highest BCUT2D eigenvalue weighted by molar-refractivity contribution is 7.89. The van der Waals surface area contributed by atoms with Gasteiger partial charge in [0.2, 0.25) is 15.9 Å². The summed E-state index contributed by atoms with van der Waals surface area (Å²) in [4.78, 5) is 12.7.